The van der Waals surface area contributed by atoms with Crippen LogP contribution < -0.4 is 4.90 Å². The minimum absolute atomic E-state index is 0.141. The summed E-state index contributed by atoms with van der Waals surface area (Å²) in [6.07, 6.45) is 0. The third kappa shape index (κ3) is 5.21. The second kappa shape index (κ2) is 12.5. The van der Waals surface area contributed by atoms with Crippen molar-refractivity contribution in [1.29, 1.82) is 0 Å². The van der Waals surface area contributed by atoms with Crippen molar-refractivity contribution in [1.82, 2.24) is 0 Å². The van der Waals surface area contributed by atoms with Crippen LogP contribution in [-0.2, 0) is 5.41 Å². The zero-order chi connectivity index (χ0) is 35.5. The van der Waals surface area contributed by atoms with Gasteiger partial charge in [-0.2, -0.15) is 0 Å². The number of fused-ring (bicyclic) bond motifs is 6. The Morgan fingerprint density at radius 1 is 0.415 bits per heavy atom. The van der Waals surface area contributed by atoms with E-state index in [1.807, 2.05) is 11.3 Å². The molecule has 0 amide bonds. The Balaban J connectivity index is 1.20. The first-order chi connectivity index (χ1) is 26.0. The number of nitrogens with zero attached hydrogens (tertiary/aromatic N) is 1. The van der Waals surface area contributed by atoms with Gasteiger partial charge in [-0.05, 0) is 86.5 Å². The van der Waals surface area contributed by atoms with Gasteiger partial charge in [-0.3, -0.25) is 0 Å². The summed E-state index contributed by atoms with van der Waals surface area (Å²) in [7, 11) is 0. The van der Waals surface area contributed by atoms with E-state index in [-0.39, 0.29) is 5.41 Å². The summed E-state index contributed by atoms with van der Waals surface area (Å²) in [5.41, 5.74) is 16.2. The quantitative estimate of drug-likeness (QED) is 0.167. The molecule has 0 saturated carbocycles. The van der Waals surface area contributed by atoms with Crippen LogP contribution in [0.2, 0.25) is 0 Å². The van der Waals surface area contributed by atoms with Crippen molar-refractivity contribution in [3.05, 3.63) is 199 Å². The van der Waals surface area contributed by atoms with Crippen LogP contribution >= 0.6 is 11.3 Å². The van der Waals surface area contributed by atoms with Crippen molar-refractivity contribution in [2.45, 2.75) is 19.3 Å². The first-order valence-electron chi connectivity index (χ1n) is 18.3. The lowest BCUT2D eigenvalue weighted by atomic mass is 9.82. The van der Waals surface area contributed by atoms with Crippen LogP contribution in [0, 0.1) is 0 Å². The number of benzene rings is 8. The van der Waals surface area contributed by atoms with Crippen molar-refractivity contribution >= 4 is 48.6 Å². The molecule has 53 heavy (non-hydrogen) atoms. The average molecular weight is 696 g/mol. The molecule has 1 aliphatic rings. The smallest absolute Gasteiger partial charge is 0.0636 e. The molecular weight excluding hydrogens is 659 g/mol. The van der Waals surface area contributed by atoms with Gasteiger partial charge in [-0.15, -0.1) is 11.3 Å². The zero-order valence-electron chi connectivity index (χ0n) is 29.8. The first-order valence-corrected chi connectivity index (χ1v) is 19.2. The monoisotopic (exact) mass is 695 g/mol. The van der Waals surface area contributed by atoms with E-state index in [1.165, 1.54) is 81.5 Å². The highest BCUT2D eigenvalue weighted by Gasteiger charge is 2.39. The third-order valence-corrected chi connectivity index (χ3v) is 12.2. The van der Waals surface area contributed by atoms with E-state index in [4.69, 9.17) is 0 Å². The Hall–Kier alpha value is -6.22. The fourth-order valence-corrected chi connectivity index (χ4v) is 9.57. The Morgan fingerprint density at radius 2 is 0.906 bits per heavy atom. The second-order valence-electron chi connectivity index (χ2n) is 14.5. The Kier molecular flexibility index (Phi) is 7.42. The molecule has 0 atom stereocenters. The fourth-order valence-electron chi connectivity index (χ4n) is 8.38. The molecule has 10 rings (SSSR count). The summed E-state index contributed by atoms with van der Waals surface area (Å²) in [5, 5.41) is 2.60. The molecule has 1 aliphatic carbocycles. The second-order valence-corrected chi connectivity index (χ2v) is 15.6. The van der Waals surface area contributed by atoms with E-state index in [1.54, 1.807) is 0 Å². The molecule has 0 spiro atoms. The maximum atomic E-state index is 2.51. The van der Waals surface area contributed by atoms with Crippen molar-refractivity contribution < 1.29 is 0 Å². The van der Waals surface area contributed by atoms with Crippen LogP contribution in [0.5, 0.6) is 0 Å². The van der Waals surface area contributed by atoms with E-state index < -0.39 is 0 Å². The van der Waals surface area contributed by atoms with E-state index in [0.29, 0.717) is 0 Å². The van der Waals surface area contributed by atoms with Crippen LogP contribution in [0.25, 0.3) is 64.7 Å². The summed E-state index contributed by atoms with van der Waals surface area (Å²) < 4.78 is 2.62. The first kappa shape index (κ1) is 31.5. The van der Waals surface area contributed by atoms with E-state index in [2.05, 4.69) is 207 Å². The largest absolute Gasteiger partial charge is 0.309 e. The highest BCUT2D eigenvalue weighted by molar-refractivity contribution is 7.26. The van der Waals surface area contributed by atoms with Crippen LogP contribution in [0.15, 0.2) is 188 Å². The van der Waals surface area contributed by atoms with Crippen molar-refractivity contribution in [3.8, 4) is 44.5 Å². The van der Waals surface area contributed by atoms with Gasteiger partial charge >= 0.3 is 0 Å². The predicted octanol–water partition coefficient (Wildman–Crippen LogP) is 14.8. The predicted molar refractivity (Wildman–Crippen MR) is 228 cm³/mol. The summed E-state index contributed by atoms with van der Waals surface area (Å²) in [4.78, 5) is 2.51. The van der Waals surface area contributed by atoms with Crippen molar-refractivity contribution in [3.63, 3.8) is 0 Å². The van der Waals surface area contributed by atoms with Gasteiger partial charge < -0.3 is 4.90 Å². The van der Waals surface area contributed by atoms with Gasteiger partial charge in [-0.1, -0.05) is 166 Å². The summed E-state index contributed by atoms with van der Waals surface area (Å²) in [6, 6.07) is 68.8. The normalized spacial score (nSPS) is 12.9. The molecule has 0 unspecified atom stereocenters. The van der Waals surface area contributed by atoms with Gasteiger partial charge in [0.05, 0.1) is 5.69 Å². The van der Waals surface area contributed by atoms with Gasteiger partial charge in [0.15, 0.2) is 0 Å². The topological polar surface area (TPSA) is 3.24 Å². The van der Waals surface area contributed by atoms with Gasteiger partial charge in [0.25, 0.3) is 0 Å². The minimum Gasteiger partial charge on any atom is -0.309 e. The zero-order valence-corrected chi connectivity index (χ0v) is 30.6. The number of rotatable bonds is 6. The van der Waals surface area contributed by atoms with E-state index >= 15 is 0 Å². The molecule has 0 bridgehead atoms. The van der Waals surface area contributed by atoms with Crippen molar-refractivity contribution in [2.75, 3.05) is 4.90 Å². The SMILES string of the molecule is CC1(C)c2ccccc2-c2c1cc1sc3cc(-c4ccccc4)ccc3c1c2N(c1ccccc1)c1ccc(-c2ccc(-c3ccccc3)cc2)cc1. The molecule has 9 aromatic rings. The van der Waals surface area contributed by atoms with Crippen LogP contribution in [-0.4, -0.2) is 0 Å². The lowest BCUT2D eigenvalue weighted by molar-refractivity contribution is 0.661. The summed E-state index contributed by atoms with van der Waals surface area (Å²) in [5.74, 6) is 0. The van der Waals surface area contributed by atoms with Gasteiger partial charge in [-0.25, -0.2) is 0 Å². The van der Waals surface area contributed by atoms with E-state index in [9.17, 15) is 0 Å². The lowest BCUT2D eigenvalue weighted by Crippen LogP contribution is -2.16. The number of hydrogen-bond acceptors (Lipinski definition) is 2. The van der Waals surface area contributed by atoms with Gasteiger partial charge in [0.1, 0.15) is 0 Å². The molecule has 252 valence electrons. The fraction of sp³-hybridized carbons (Fsp3) is 0.0588. The van der Waals surface area contributed by atoms with Crippen LogP contribution in [0.4, 0.5) is 17.1 Å². The third-order valence-electron chi connectivity index (χ3n) is 11.1. The molecule has 8 aromatic carbocycles. The highest BCUT2D eigenvalue weighted by Crippen LogP contribution is 2.58. The molecule has 1 heterocycles. The Labute approximate surface area is 315 Å². The molecule has 0 saturated heterocycles. The van der Waals surface area contributed by atoms with Crippen LogP contribution in [0.3, 0.4) is 0 Å². The summed E-state index contributed by atoms with van der Waals surface area (Å²) in [6.45, 7) is 4.78. The molecule has 0 radical (unpaired) electrons. The number of para-hydroxylation sites is 1. The Bertz CT molecular complexity index is 2760. The average Bonchev–Trinajstić information content (AvgIpc) is 3.70. The highest BCUT2D eigenvalue weighted by atomic mass is 32.1. The summed E-state index contributed by atoms with van der Waals surface area (Å²) >= 11 is 1.91. The standard InChI is InChI=1S/C51H37NS/c1-51(2)44-21-13-12-20-42(44)48-45(51)33-47-49(43-31-28-39(32-46(43)53-47)35-16-8-4-9-17-35)50(48)52(40-18-10-5-11-19-40)41-29-26-38(27-30-41)37-24-22-36(23-25-37)34-14-6-3-7-15-34/h3-33H,1-2H3. The minimum atomic E-state index is -0.141. The molecule has 1 nitrogen and oxygen atoms in total. The molecular formula is C51H37NS. The number of anilines is 3. The van der Waals surface area contributed by atoms with Crippen molar-refractivity contribution in [2.24, 2.45) is 0 Å². The number of hydrogen-bond donors (Lipinski definition) is 0. The number of thiophene rings is 1. The molecule has 0 fully saturated rings. The maximum Gasteiger partial charge on any atom is 0.0636 e. The molecule has 2 heteroatoms. The van der Waals surface area contributed by atoms with Crippen LogP contribution in [0.1, 0.15) is 25.0 Å². The van der Waals surface area contributed by atoms with E-state index in [0.717, 1.165) is 11.4 Å². The Morgan fingerprint density at radius 3 is 1.55 bits per heavy atom. The molecule has 0 N–H and O–H groups in total. The van der Waals surface area contributed by atoms with Gasteiger partial charge in [0, 0.05) is 42.5 Å². The lowest BCUT2D eigenvalue weighted by Gasteiger charge is -2.30. The molecule has 1 aromatic heterocycles. The molecule has 0 aliphatic heterocycles. The maximum absolute atomic E-state index is 2.51. The van der Waals surface area contributed by atoms with Gasteiger partial charge in [0.2, 0.25) is 0 Å².